The molecule has 0 saturated heterocycles. The van der Waals surface area contributed by atoms with Gasteiger partial charge in [-0.05, 0) is 35.7 Å². The highest BCUT2D eigenvalue weighted by Gasteiger charge is 2.39. The van der Waals surface area contributed by atoms with Gasteiger partial charge in [0.05, 0.1) is 11.5 Å². The van der Waals surface area contributed by atoms with Crippen LogP contribution >= 0.6 is 19.9 Å². The Bertz CT molecular complexity index is 1320. The second-order valence-corrected chi connectivity index (χ2v) is 9.39. The van der Waals surface area contributed by atoms with Crippen LogP contribution in [0.2, 0.25) is 0 Å². The van der Waals surface area contributed by atoms with Crippen LogP contribution < -0.4 is 25.5 Å². The van der Waals surface area contributed by atoms with Crippen LogP contribution in [0.15, 0.2) is 47.8 Å². The lowest BCUT2D eigenvalue weighted by molar-refractivity contribution is -0.123. The molecular weight excluding hydrogens is 526 g/mol. The van der Waals surface area contributed by atoms with Crippen molar-refractivity contribution in [3.63, 3.8) is 0 Å². The zero-order chi connectivity index (χ0) is 26.7. The smallest absolute Gasteiger partial charge is 0.534 e. The first-order valence-electron chi connectivity index (χ1n) is 10.6. The molecular formula is C21H20BN4O9PS. The van der Waals surface area contributed by atoms with E-state index in [0.717, 1.165) is 11.3 Å². The van der Waals surface area contributed by atoms with Crippen LogP contribution in [0.5, 0.6) is 11.5 Å². The molecule has 0 fully saturated rings. The first-order chi connectivity index (χ1) is 17.6. The number of hydrogen-bond acceptors (Lipinski definition) is 11. The van der Waals surface area contributed by atoms with Gasteiger partial charge in [0.15, 0.2) is 5.13 Å². The normalized spacial score (nSPS) is 15.4. The van der Waals surface area contributed by atoms with Crippen molar-refractivity contribution in [3.8, 4) is 11.5 Å². The number of rotatable bonds is 8. The third-order valence-electron chi connectivity index (χ3n) is 5.37. The zero-order valence-corrected chi connectivity index (χ0v) is 20.5. The average Bonchev–Trinajstić information content (AvgIpc) is 3.29. The minimum atomic E-state index is -2.65. The highest BCUT2D eigenvalue weighted by Crippen LogP contribution is 2.31. The first-order valence-corrected chi connectivity index (χ1v) is 12.6. The number of amides is 2. The fraction of sp³-hybridized carbons (Fsp3) is 0.143. The minimum Gasteiger partial charge on any atom is -0.534 e. The number of anilines is 1. The van der Waals surface area contributed by atoms with E-state index in [1.54, 1.807) is 6.07 Å². The second-order valence-electron chi connectivity index (χ2n) is 7.82. The minimum absolute atomic E-state index is 0.00242. The van der Waals surface area contributed by atoms with E-state index in [9.17, 15) is 24.5 Å². The number of para-hydroxylation sites is 1. The second kappa shape index (κ2) is 11.1. The van der Waals surface area contributed by atoms with Gasteiger partial charge in [0.2, 0.25) is 5.91 Å². The van der Waals surface area contributed by atoms with Gasteiger partial charge in [-0.25, -0.2) is 9.78 Å². The fourth-order valence-electron chi connectivity index (χ4n) is 3.69. The molecule has 2 aromatic carbocycles. The molecule has 4 rings (SSSR count). The van der Waals surface area contributed by atoms with E-state index < -0.39 is 45.5 Å². The average molecular weight is 546 g/mol. The highest BCUT2D eigenvalue weighted by molar-refractivity contribution is 7.39. The predicted molar refractivity (Wildman–Crippen MR) is 133 cm³/mol. The van der Waals surface area contributed by atoms with Crippen molar-refractivity contribution >= 4 is 50.0 Å². The number of nitrogens with one attached hydrogen (secondary N) is 2. The molecule has 0 unspecified atom stereocenters. The Hall–Kier alpha value is -3.75. The van der Waals surface area contributed by atoms with Crippen LogP contribution in [0.4, 0.5) is 5.13 Å². The number of carboxylic acid groups (broad SMARTS) is 1. The fourth-order valence-corrected chi connectivity index (χ4v) is 4.55. The Morgan fingerprint density at radius 3 is 2.57 bits per heavy atom. The maximum absolute atomic E-state index is 13.3. The number of carbonyl (C=O) groups is 3. The molecule has 8 N–H and O–H groups in total. The number of fused-ring (bicyclic) bond motifs is 1. The van der Waals surface area contributed by atoms with E-state index in [0.29, 0.717) is 11.1 Å². The molecule has 3 aromatic rings. The molecule has 192 valence electrons. The van der Waals surface area contributed by atoms with Gasteiger partial charge >= 0.3 is 21.7 Å². The molecule has 0 radical (unpaired) electrons. The molecule has 0 saturated carbocycles. The van der Waals surface area contributed by atoms with E-state index >= 15 is 0 Å². The number of aromatic nitrogens is 1. The lowest BCUT2D eigenvalue weighted by Crippen LogP contribution is -2.55. The molecule has 2 amide bonds. The van der Waals surface area contributed by atoms with Gasteiger partial charge in [-0.2, -0.15) is 0 Å². The number of nitrogen functional groups attached to an aromatic ring is 1. The van der Waals surface area contributed by atoms with Gasteiger partial charge in [0.1, 0.15) is 23.2 Å². The number of nitrogens with zero attached hydrogens (tertiary/aromatic N) is 1. The maximum Gasteiger partial charge on any atom is 0.547 e. The van der Waals surface area contributed by atoms with Crippen LogP contribution in [-0.2, 0) is 11.2 Å². The van der Waals surface area contributed by atoms with Crippen LogP contribution in [0.25, 0.3) is 0 Å². The van der Waals surface area contributed by atoms with Crippen molar-refractivity contribution in [2.75, 3.05) is 5.73 Å². The molecule has 0 bridgehead atoms. The molecule has 1 aliphatic heterocycles. The van der Waals surface area contributed by atoms with Crippen LogP contribution in [0.3, 0.4) is 0 Å². The van der Waals surface area contributed by atoms with Crippen LogP contribution in [0.1, 0.15) is 38.0 Å². The first kappa shape index (κ1) is 26.3. The van der Waals surface area contributed by atoms with E-state index in [1.165, 1.54) is 41.8 Å². The number of hydrogen-bond donors (Lipinski definition) is 7. The summed E-state index contributed by atoms with van der Waals surface area (Å²) in [7, 11) is -4.21. The number of carbonyl (C=O) groups excluding carboxylic acids is 2. The van der Waals surface area contributed by atoms with E-state index in [1.807, 2.05) is 0 Å². The zero-order valence-electron chi connectivity index (χ0n) is 18.8. The lowest BCUT2D eigenvalue weighted by atomic mass is 9.72. The van der Waals surface area contributed by atoms with E-state index in [4.69, 9.17) is 24.7 Å². The van der Waals surface area contributed by atoms with Gasteiger partial charge in [-0.15, -0.1) is 11.3 Å². The number of nitrogens with two attached hydrogens (primary N) is 1. The summed E-state index contributed by atoms with van der Waals surface area (Å²) in [6, 6.07) is 8.86. The number of thiazole rings is 1. The van der Waals surface area contributed by atoms with Gasteiger partial charge in [-0.1, -0.05) is 24.3 Å². The number of aromatic carboxylic acids is 1. The SMILES string of the molecule is Nc1nc(C(=O)N[C@H](C(=O)N[C@H]2Cc3cccc(C(=O)O)c3OB2O)c2ccc(OP(O)O)cc2)cs1. The van der Waals surface area contributed by atoms with E-state index in [-0.39, 0.29) is 34.3 Å². The maximum atomic E-state index is 13.3. The third kappa shape index (κ3) is 6.16. The monoisotopic (exact) mass is 546 g/mol. The molecule has 1 aliphatic rings. The Morgan fingerprint density at radius 2 is 1.95 bits per heavy atom. The van der Waals surface area contributed by atoms with Gasteiger partial charge in [-0.3, -0.25) is 9.59 Å². The Kier molecular flexibility index (Phi) is 7.90. The molecule has 2 heterocycles. The summed E-state index contributed by atoms with van der Waals surface area (Å²) in [4.78, 5) is 59.6. The quantitative estimate of drug-likeness (QED) is 0.154. The van der Waals surface area contributed by atoms with Gasteiger partial charge in [0.25, 0.3) is 5.91 Å². The molecule has 13 nitrogen and oxygen atoms in total. The van der Waals surface area contributed by atoms with Crippen molar-refractivity contribution in [1.82, 2.24) is 15.6 Å². The molecule has 0 aliphatic carbocycles. The van der Waals surface area contributed by atoms with Crippen LogP contribution in [0, 0.1) is 0 Å². The summed E-state index contributed by atoms with van der Waals surface area (Å²) in [5, 5.41) is 26.7. The Morgan fingerprint density at radius 1 is 1.22 bits per heavy atom. The number of benzene rings is 2. The molecule has 16 heteroatoms. The number of carboxylic acids is 1. The topological polar surface area (TPSA) is 214 Å². The largest absolute Gasteiger partial charge is 0.547 e. The summed E-state index contributed by atoms with van der Waals surface area (Å²) in [5.74, 6) is -3.43. The van der Waals surface area contributed by atoms with Crippen molar-refractivity contribution in [3.05, 3.63) is 70.2 Å². The van der Waals surface area contributed by atoms with Crippen LogP contribution in [-0.4, -0.2) is 55.7 Å². The summed E-state index contributed by atoms with van der Waals surface area (Å²) >= 11 is 1.05. The van der Waals surface area contributed by atoms with Gasteiger partial charge < -0.3 is 45.5 Å². The van der Waals surface area contributed by atoms with Crippen molar-refractivity contribution < 1.29 is 43.5 Å². The highest BCUT2D eigenvalue weighted by atomic mass is 32.1. The lowest BCUT2D eigenvalue weighted by Gasteiger charge is -2.30. The molecule has 0 spiro atoms. The standard InChI is InChI=1S/C21H20BN4O9PS/c23-21-24-14(9-37-21)18(27)26-16(10-4-6-12(7-5-10)35-36(32)33)19(28)25-15-8-11-2-1-3-13(20(29)30)17(11)34-22(15)31/h1-7,9,15-16,31-33H,8H2,(H2,23,24)(H,25,28)(H,26,27)(H,29,30)/t15-,16-/m0/s1. The molecule has 37 heavy (non-hydrogen) atoms. The Labute approximate surface area is 215 Å². The Balaban J connectivity index is 1.57. The summed E-state index contributed by atoms with van der Waals surface area (Å²) in [5.41, 5.74) is 6.26. The molecule has 1 aromatic heterocycles. The van der Waals surface area contributed by atoms with E-state index in [2.05, 4.69) is 15.6 Å². The van der Waals surface area contributed by atoms with Gasteiger partial charge in [0, 0.05) is 5.38 Å². The predicted octanol–water partition coefficient (Wildman–Crippen LogP) is 0.625. The van der Waals surface area contributed by atoms with Crippen molar-refractivity contribution in [1.29, 1.82) is 0 Å². The summed E-state index contributed by atoms with van der Waals surface area (Å²) in [6.07, 6.45) is 0.0654. The third-order valence-corrected chi connectivity index (χ3v) is 6.42. The summed E-state index contributed by atoms with van der Waals surface area (Å²) < 4.78 is 10.2. The summed E-state index contributed by atoms with van der Waals surface area (Å²) in [6.45, 7) is 0. The molecule has 2 atom stereocenters. The van der Waals surface area contributed by atoms with Crippen molar-refractivity contribution in [2.45, 2.75) is 18.4 Å². The van der Waals surface area contributed by atoms with Crippen molar-refractivity contribution in [2.24, 2.45) is 0 Å².